The topological polar surface area (TPSA) is 101 Å². The predicted molar refractivity (Wildman–Crippen MR) is 142 cm³/mol. The fourth-order valence-corrected chi connectivity index (χ4v) is 8.00. The lowest BCUT2D eigenvalue weighted by atomic mass is 9.85. The van der Waals surface area contributed by atoms with Gasteiger partial charge in [-0.3, -0.25) is 0 Å². The van der Waals surface area contributed by atoms with Crippen molar-refractivity contribution in [3.05, 3.63) is 23.9 Å². The molecule has 0 bridgehead atoms. The maximum absolute atomic E-state index is 13.3. The van der Waals surface area contributed by atoms with Gasteiger partial charge in [0.05, 0.1) is 23.8 Å². The Hall–Kier alpha value is -1.68. The Morgan fingerprint density at radius 2 is 1.86 bits per heavy atom. The standard InChI is InChI=1S/C26H39N3O4S2/c1-17(15-19-7-5-4-6-8-19)27-26-28-18(2)25(34-26)20-9-14-23(33-3)24(16-20)35(31,32)29-21-10-12-22(30)13-11-21/h9,14,16-17,19,21-22,29-30H,4-8,10-13,15H2,1-3H3,(H,27,28)/t17-,21-,22-/m1/s1. The van der Waals surface area contributed by atoms with Crippen LogP contribution >= 0.6 is 11.3 Å². The van der Waals surface area contributed by atoms with Gasteiger partial charge in [-0.25, -0.2) is 18.1 Å². The lowest BCUT2D eigenvalue weighted by Crippen LogP contribution is -2.38. The highest BCUT2D eigenvalue weighted by molar-refractivity contribution is 7.89. The number of sulfonamides is 1. The predicted octanol–water partition coefficient (Wildman–Crippen LogP) is 5.48. The molecule has 3 N–H and O–H groups in total. The van der Waals surface area contributed by atoms with Gasteiger partial charge in [0.25, 0.3) is 0 Å². The van der Waals surface area contributed by atoms with E-state index in [-0.39, 0.29) is 17.0 Å². The van der Waals surface area contributed by atoms with Gasteiger partial charge in [-0.15, -0.1) is 0 Å². The maximum Gasteiger partial charge on any atom is 0.244 e. The molecule has 2 aromatic rings. The van der Waals surface area contributed by atoms with Crippen molar-refractivity contribution >= 4 is 26.5 Å². The molecule has 0 spiro atoms. The molecule has 1 atom stereocenters. The summed E-state index contributed by atoms with van der Waals surface area (Å²) >= 11 is 1.57. The summed E-state index contributed by atoms with van der Waals surface area (Å²) in [5.41, 5.74) is 1.69. The number of nitrogens with one attached hydrogen (secondary N) is 2. The van der Waals surface area contributed by atoms with Crippen LogP contribution in [-0.2, 0) is 10.0 Å². The molecule has 2 aliphatic rings. The van der Waals surface area contributed by atoms with Crippen LogP contribution in [0.2, 0.25) is 0 Å². The van der Waals surface area contributed by atoms with Crippen LogP contribution in [0.25, 0.3) is 10.4 Å². The van der Waals surface area contributed by atoms with Gasteiger partial charge in [0, 0.05) is 12.1 Å². The van der Waals surface area contributed by atoms with Gasteiger partial charge in [0.1, 0.15) is 10.6 Å². The Balaban J connectivity index is 1.51. The van der Waals surface area contributed by atoms with Crippen LogP contribution in [0.15, 0.2) is 23.1 Å². The minimum Gasteiger partial charge on any atom is -0.495 e. The van der Waals surface area contributed by atoms with Gasteiger partial charge >= 0.3 is 0 Å². The van der Waals surface area contributed by atoms with Crippen LogP contribution in [0, 0.1) is 12.8 Å². The van der Waals surface area contributed by atoms with Gasteiger partial charge in [0.15, 0.2) is 5.13 Å². The molecule has 0 saturated heterocycles. The Morgan fingerprint density at radius 1 is 1.14 bits per heavy atom. The fraction of sp³-hybridized carbons (Fsp3) is 0.654. The minimum absolute atomic E-state index is 0.136. The van der Waals surface area contributed by atoms with Crippen molar-refractivity contribution in [2.24, 2.45) is 5.92 Å². The van der Waals surface area contributed by atoms with E-state index in [1.165, 1.54) is 39.2 Å². The van der Waals surface area contributed by atoms with Crippen LogP contribution in [0.1, 0.15) is 76.8 Å². The summed E-state index contributed by atoms with van der Waals surface area (Å²) in [6.07, 6.45) is 10.0. The summed E-state index contributed by atoms with van der Waals surface area (Å²) in [5, 5.41) is 14.2. The first kappa shape index (κ1) is 26.4. The Kier molecular flexibility index (Phi) is 8.73. The summed E-state index contributed by atoms with van der Waals surface area (Å²) in [6.45, 7) is 4.19. The van der Waals surface area contributed by atoms with E-state index in [1.54, 1.807) is 23.5 Å². The molecular weight excluding hydrogens is 482 g/mol. The second-order valence-electron chi connectivity index (χ2n) is 10.2. The van der Waals surface area contributed by atoms with Crippen molar-refractivity contribution in [1.29, 1.82) is 0 Å². The highest BCUT2D eigenvalue weighted by atomic mass is 32.2. The Morgan fingerprint density at radius 3 is 2.54 bits per heavy atom. The fourth-order valence-electron chi connectivity index (χ4n) is 5.42. The monoisotopic (exact) mass is 521 g/mol. The van der Waals surface area contributed by atoms with Crippen LogP contribution in [-0.4, -0.2) is 43.8 Å². The Labute approximate surface area is 213 Å². The molecule has 4 rings (SSSR count). The van der Waals surface area contributed by atoms with Gasteiger partial charge in [-0.05, 0) is 75.6 Å². The highest BCUT2D eigenvalue weighted by Gasteiger charge is 2.28. The van der Waals surface area contributed by atoms with E-state index in [2.05, 4.69) is 17.0 Å². The van der Waals surface area contributed by atoms with Crippen molar-refractivity contribution in [1.82, 2.24) is 9.71 Å². The molecule has 2 aliphatic carbocycles. The molecule has 35 heavy (non-hydrogen) atoms. The van der Waals surface area contributed by atoms with Gasteiger partial charge in [-0.2, -0.15) is 0 Å². The largest absolute Gasteiger partial charge is 0.495 e. The number of aliphatic hydroxyl groups is 1. The average Bonchev–Trinajstić information content (AvgIpc) is 3.20. The van der Waals surface area contributed by atoms with Crippen molar-refractivity contribution in [3.8, 4) is 16.2 Å². The molecule has 1 aromatic carbocycles. The normalized spacial score (nSPS) is 22.6. The number of hydrogen-bond acceptors (Lipinski definition) is 7. The molecule has 0 amide bonds. The average molecular weight is 522 g/mol. The number of thiazole rings is 1. The van der Waals surface area contributed by atoms with E-state index in [4.69, 9.17) is 9.72 Å². The second kappa shape index (κ2) is 11.6. The number of benzene rings is 1. The molecule has 2 fully saturated rings. The third-order valence-corrected chi connectivity index (χ3v) is 9.99. The third kappa shape index (κ3) is 6.76. The number of nitrogens with zero attached hydrogens (tertiary/aromatic N) is 1. The number of aromatic nitrogens is 1. The van der Waals surface area contributed by atoms with E-state index in [0.717, 1.165) is 33.6 Å². The van der Waals surface area contributed by atoms with E-state index < -0.39 is 10.0 Å². The number of aliphatic hydroxyl groups excluding tert-OH is 1. The lowest BCUT2D eigenvalue weighted by molar-refractivity contribution is 0.120. The van der Waals surface area contributed by atoms with E-state index >= 15 is 0 Å². The van der Waals surface area contributed by atoms with Crippen LogP contribution in [0.3, 0.4) is 0 Å². The Bertz CT molecular complexity index is 1090. The molecular formula is C26H39N3O4S2. The summed E-state index contributed by atoms with van der Waals surface area (Å²) in [4.78, 5) is 5.83. The van der Waals surface area contributed by atoms with Crippen LogP contribution in [0.5, 0.6) is 5.75 Å². The smallest absolute Gasteiger partial charge is 0.244 e. The molecule has 0 radical (unpaired) electrons. The van der Waals surface area contributed by atoms with E-state index in [1.807, 2.05) is 13.0 Å². The molecule has 0 aliphatic heterocycles. The van der Waals surface area contributed by atoms with Crippen molar-refractivity contribution in [2.45, 2.75) is 101 Å². The molecule has 194 valence electrons. The molecule has 0 unspecified atom stereocenters. The van der Waals surface area contributed by atoms with E-state index in [9.17, 15) is 13.5 Å². The SMILES string of the molecule is COc1ccc(-c2sc(N[C@H](C)CC3CCCCC3)nc2C)cc1S(=O)(=O)N[C@H]1CC[C@H](O)CC1. The second-order valence-corrected chi connectivity index (χ2v) is 12.9. The highest BCUT2D eigenvalue weighted by Crippen LogP contribution is 2.37. The number of methoxy groups -OCH3 is 1. The first-order valence-corrected chi connectivity index (χ1v) is 15.2. The summed E-state index contributed by atoms with van der Waals surface area (Å²) in [7, 11) is -2.30. The van der Waals surface area contributed by atoms with Gasteiger partial charge in [0.2, 0.25) is 10.0 Å². The molecule has 7 nitrogen and oxygen atoms in total. The first-order chi connectivity index (χ1) is 16.7. The van der Waals surface area contributed by atoms with Crippen LogP contribution < -0.4 is 14.8 Å². The number of anilines is 1. The zero-order chi connectivity index (χ0) is 25.0. The number of aryl methyl sites for hydroxylation is 1. The minimum atomic E-state index is -3.78. The molecule has 1 heterocycles. The quantitative estimate of drug-likeness (QED) is 0.404. The molecule has 2 saturated carbocycles. The summed E-state index contributed by atoms with van der Waals surface area (Å²) < 4.78 is 34.8. The molecule has 1 aromatic heterocycles. The zero-order valence-electron chi connectivity index (χ0n) is 21.0. The molecule has 9 heteroatoms. The summed E-state index contributed by atoms with van der Waals surface area (Å²) in [6, 6.07) is 5.47. The van der Waals surface area contributed by atoms with Crippen LogP contribution in [0.4, 0.5) is 5.13 Å². The summed E-state index contributed by atoms with van der Waals surface area (Å²) in [5.74, 6) is 1.11. The third-order valence-electron chi connectivity index (χ3n) is 7.31. The number of ether oxygens (including phenoxy) is 1. The lowest BCUT2D eigenvalue weighted by Gasteiger charge is -2.26. The number of rotatable bonds is 9. The van der Waals surface area contributed by atoms with Gasteiger partial charge < -0.3 is 15.2 Å². The van der Waals surface area contributed by atoms with Gasteiger partial charge in [-0.1, -0.05) is 43.4 Å². The van der Waals surface area contributed by atoms with Crippen molar-refractivity contribution < 1.29 is 18.3 Å². The maximum atomic E-state index is 13.3. The van der Waals surface area contributed by atoms with Crippen molar-refractivity contribution in [2.75, 3.05) is 12.4 Å². The van der Waals surface area contributed by atoms with Crippen molar-refractivity contribution in [3.63, 3.8) is 0 Å². The first-order valence-electron chi connectivity index (χ1n) is 12.9. The zero-order valence-corrected chi connectivity index (χ0v) is 22.7. The van der Waals surface area contributed by atoms with E-state index in [0.29, 0.717) is 37.5 Å². The number of hydrogen-bond donors (Lipinski definition) is 3.